The van der Waals surface area contributed by atoms with Crippen molar-refractivity contribution in [3.8, 4) is 0 Å². The minimum atomic E-state index is 0.723. The highest BCUT2D eigenvalue weighted by Crippen LogP contribution is 2.17. The summed E-state index contributed by atoms with van der Waals surface area (Å²) < 4.78 is 0. The molecule has 3 heteroatoms. The summed E-state index contributed by atoms with van der Waals surface area (Å²) in [6.45, 7) is 0. The van der Waals surface area contributed by atoms with Crippen LogP contribution in [0.4, 0.5) is 0 Å². The molecule has 0 saturated heterocycles. The Hall–Kier alpha value is -1.38. The number of halogens is 1. The Morgan fingerprint density at radius 2 is 1.69 bits per heavy atom. The molecule has 1 nitrogen and oxygen atoms in total. The van der Waals surface area contributed by atoms with E-state index in [-0.39, 0.29) is 0 Å². The lowest BCUT2D eigenvalue weighted by Crippen LogP contribution is -1.77. The van der Waals surface area contributed by atoms with Crippen molar-refractivity contribution in [1.82, 2.24) is 0 Å². The Morgan fingerprint density at radius 1 is 1.00 bits per heavy atom. The molecular formula is C13H9ClOS. The standard InChI is InChI=1S/C13H9ClOS/c14-13-5-2-10(3-6-13)1-4-11-8-16-9-12(11)7-15/h1-9H/b4-1-. The van der Waals surface area contributed by atoms with Crippen LogP contribution >= 0.6 is 22.9 Å². The van der Waals surface area contributed by atoms with Crippen molar-refractivity contribution >= 4 is 41.4 Å². The number of benzene rings is 1. The lowest BCUT2D eigenvalue weighted by Gasteiger charge is -1.93. The molecule has 0 radical (unpaired) electrons. The molecule has 0 bridgehead atoms. The third kappa shape index (κ3) is 2.60. The van der Waals surface area contributed by atoms with Gasteiger partial charge in [0.25, 0.3) is 0 Å². The molecule has 0 amide bonds. The molecule has 0 fully saturated rings. The molecule has 80 valence electrons. The first-order valence-electron chi connectivity index (χ1n) is 4.74. The van der Waals surface area contributed by atoms with Gasteiger partial charge < -0.3 is 0 Å². The van der Waals surface area contributed by atoms with Crippen molar-refractivity contribution in [2.45, 2.75) is 0 Å². The van der Waals surface area contributed by atoms with Gasteiger partial charge in [-0.3, -0.25) is 4.79 Å². The van der Waals surface area contributed by atoms with Crippen LogP contribution in [0.1, 0.15) is 21.5 Å². The van der Waals surface area contributed by atoms with Crippen LogP contribution in [-0.2, 0) is 0 Å². The number of hydrogen-bond donors (Lipinski definition) is 0. The first-order valence-corrected chi connectivity index (χ1v) is 6.06. The van der Waals surface area contributed by atoms with Crippen molar-refractivity contribution < 1.29 is 4.79 Å². The molecule has 0 aliphatic heterocycles. The molecule has 0 unspecified atom stereocenters. The number of hydrogen-bond acceptors (Lipinski definition) is 2. The van der Waals surface area contributed by atoms with Crippen LogP contribution in [-0.4, -0.2) is 6.29 Å². The fourth-order valence-electron chi connectivity index (χ4n) is 1.31. The molecule has 2 aromatic rings. The van der Waals surface area contributed by atoms with E-state index in [9.17, 15) is 4.79 Å². The lowest BCUT2D eigenvalue weighted by molar-refractivity contribution is 0.112. The summed E-state index contributed by atoms with van der Waals surface area (Å²) in [5.41, 5.74) is 2.75. The van der Waals surface area contributed by atoms with Gasteiger partial charge in [-0.2, -0.15) is 11.3 Å². The van der Waals surface area contributed by atoms with Gasteiger partial charge in [-0.15, -0.1) is 0 Å². The molecule has 0 aliphatic rings. The second-order valence-corrected chi connectivity index (χ2v) is 4.47. The van der Waals surface area contributed by atoms with Crippen LogP contribution in [0.5, 0.6) is 0 Å². The number of rotatable bonds is 3. The Morgan fingerprint density at radius 3 is 2.38 bits per heavy atom. The second-order valence-electron chi connectivity index (χ2n) is 3.29. The lowest BCUT2D eigenvalue weighted by atomic mass is 10.1. The summed E-state index contributed by atoms with van der Waals surface area (Å²) in [5, 5.41) is 4.52. The van der Waals surface area contributed by atoms with E-state index in [0.717, 1.165) is 28.0 Å². The minimum Gasteiger partial charge on any atom is -0.298 e. The van der Waals surface area contributed by atoms with Crippen LogP contribution < -0.4 is 0 Å². The Bertz CT molecular complexity index is 511. The molecule has 16 heavy (non-hydrogen) atoms. The van der Waals surface area contributed by atoms with Gasteiger partial charge in [-0.1, -0.05) is 35.9 Å². The average molecular weight is 249 g/mol. The summed E-state index contributed by atoms with van der Waals surface area (Å²) >= 11 is 7.32. The zero-order valence-electron chi connectivity index (χ0n) is 8.39. The minimum absolute atomic E-state index is 0.723. The van der Waals surface area contributed by atoms with E-state index in [1.165, 1.54) is 11.3 Å². The zero-order valence-corrected chi connectivity index (χ0v) is 9.96. The highest BCUT2D eigenvalue weighted by Gasteiger charge is 1.97. The Balaban J connectivity index is 2.21. The maximum absolute atomic E-state index is 10.7. The van der Waals surface area contributed by atoms with Crippen molar-refractivity contribution in [3.63, 3.8) is 0 Å². The topological polar surface area (TPSA) is 17.1 Å². The number of carbonyl (C=O) groups is 1. The fourth-order valence-corrected chi connectivity index (χ4v) is 2.20. The van der Waals surface area contributed by atoms with E-state index < -0.39 is 0 Å². The summed E-state index contributed by atoms with van der Waals surface area (Å²) in [4.78, 5) is 10.7. The number of thiophene rings is 1. The molecule has 0 aliphatic carbocycles. The Labute approximate surface area is 103 Å². The summed E-state index contributed by atoms with van der Waals surface area (Å²) in [7, 11) is 0. The molecule has 1 aromatic carbocycles. The largest absolute Gasteiger partial charge is 0.298 e. The summed E-state index contributed by atoms with van der Waals surface area (Å²) in [6, 6.07) is 7.56. The van der Waals surface area contributed by atoms with Crippen molar-refractivity contribution in [2.75, 3.05) is 0 Å². The highest BCUT2D eigenvalue weighted by molar-refractivity contribution is 7.08. The zero-order chi connectivity index (χ0) is 11.4. The maximum atomic E-state index is 10.7. The molecule has 1 heterocycles. The average Bonchev–Trinajstić information content (AvgIpc) is 2.76. The van der Waals surface area contributed by atoms with E-state index in [0.29, 0.717) is 0 Å². The van der Waals surface area contributed by atoms with Crippen LogP contribution in [0, 0.1) is 0 Å². The molecule has 2 rings (SSSR count). The Kier molecular flexibility index (Phi) is 3.54. The third-order valence-electron chi connectivity index (χ3n) is 2.18. The first-order chi connectivity index (χ1) is 7.79. The van der Waals surface area contributed by atoms with Crippen LogP contribution in [0.2, 0.25) is 5.02 Å². The molecule has 0 N–H and O–H groups in total. The maximum Gasteiger partial charge on any atom is 0.151 e. The molecular weight excluding hydrogens is 240 g/mol. The monoisotopic (exact) mass is 248 g/mol. The molecule has 0 saturated carbocycles. The van der Waals surface area contributed by atoms with E-state index in [1.807, 2.05) is 47.2 Å². The van der Waals surface area contributed by atoms with Gasteiger partial charge in [0.05, 0.1) is 0 Å². The third-order valence-corrected chi connectivity index (χ3v) is 3.21. The van der Waals surface area contributed by atoms with Crippen molar-refractivity contribution in [1.29, 1.82) is 0 Å². The fraction of sp³-hybridized carbons (Fsp3) is 0. The quantitative estimate of drug-likeness (QED) is 0.737. The van der Waals surface area contributed by atoms with Gasteiger partial charge in [0.15, 0.2) is 6.29 Å². The molecule has 1 aromatic heterocycles. The predicted molar refractivity (Wildman–Crippen MR) is 70.1 cm³/mol. The predicted octanol–water partition coefficient (Wildman–Crippen LogP) is 4.38. The highest BCUT2D eigenvalue weighted by atomic mass is 35.5. The van der Waals surface area contributed by atoms with E-state index in [4.69, 9.17) is 11.6 Å². The number of carbonyl (C=O) groups excluding carboxylic acids is 1. The number of aldehydes is 1. The van der Waals surface area contributed by atoms with Gasteiger partial charge in [-0.05, 0) is 28.6 Å². The van der Waals surface area contributed by atoms with Crippen LogP contribution in [0.15, 0.2) is 35.0 Å². The first kappa shape index (κ1) is 11.1. The second kappa shape index (κ2) is 5.10. The summed E-state index contributed by atoms with van der Waals surface area (Å²) in [5.74, 6) is 0. The normalized spacial score (nSPS) is 10.8. The van der Waals surface area contributed by atoms with Gasteiger partial charge in [0, 0.05) is 16.0 Å². The van der Waals surface area contributed by atoms with Gasteiger partial charge in [0.2, 0.25) is 0 Å². The van der Waals surface area contributed by atoms with Crippen LogP contribution in [0.25, 0.3) is 12.2 Å². The van der Waals surface area contributed by atoms with Crippen molar-refractivity contribution in [3.05, 3.63) is 56.7 Å². The van der Waals surface area contributed by atoms with Gasteiger partial charge >= 0.3 is 0 Å². The summed E-state index contributed by atoms with van der Waals surface area (Å²) in [6.07, 6.45) is 4.77. The van der Waals surface area contributed by atoms with E-state index in [2.05, 4.69) is 0 Å². The van der Waals surface area contributed by atoms with Crippen molar-refractivity contribution in [2.24, 2.45) is 0 Å². The van der Waals surface area contributed by atoms with Gasteiger partial charge in [0.1, 0.15) is 0 Å². The van der Waals surface area contributed by atoms with Gasteiger partial charge in [-0.25, -0.2) is 0 Å². The SMILES string of the molecule is O=Cc1cscc1/C=C\c1ccc(Cl)cc1. The van der Waals surface area contributed by atoms with E-state index in [1.54, 1.807) is 0 Å². The smallest absolute Gasteiger partial charge is 0.151 e. The molecule has 0 atom stereocenters. The van der Waals surface area contributed by atoms with Crippen LogP contribution in [0.3, 0.4) is 0 Å². The van der Waals surface area contributed by atoms with E-state index >= 15 is 0 Å². The molecule has 0 spiro atoms.